The topological polar surface area (TPSA) is 0 Å². The molecule has 0 aliphatic rings. The van der Waals surface area contributed by atoms with Crippen molar-refractivity contribution >= 4 is 11.8 Å². The normalized spacial score (nSPS) is 14.3. The Labute approximate surface area is 149 Å². The molecule has 0 amide bonds. The van der Waals surface area contributed by atoms with Crippen LogP contribution in [-0.2, 0) is 10.8 Å². The molecule has 1 aromatic rings. The van der Waals surface area contributed by atoms with Crippen LogP contribution in [0.1, 0.15) is 86.8 Å². The Morgan fingerprint density at radius 1 is 1.00 bits per heavy atom. The second kappa shape index (κ2) is 7.05. The minimum absolute atomic E-state index is 0.0598. The second-order valence-corrected chi connectivity index (χ2v) is 10.6. The van der Waals surface area contributed by atoms with Crippen LogP contribution in [0, 0.1) is 0 Å². The third-order valence-electron chi connectivity index (χ3n) is 5.14. The van der Waals surface area contributed by atoms with Crippen molar-refractivity contribution < 1.29 is 0 Å². The van der Waals surface area contributed by atoms with Gasteiger partial charge in [-0.1, -0.05) is 73.1 Å². The van der Waals surface area contributed by atoms with Crippen LogP contribution in [0.25, 0.3) is 0 Å². The van der Waals surface area contributed by atoms with Crippen molar-refractivity contribution in [2.75, 3.05) is 0 Å². The SMILES string of the molecule is C/C=C(/C)C(C)(C)c1cc(SC(C)(C)CC)ccc1C(C)(C)C. The van der Waals surface area contributed by atoms with Crippen molar-refractivity contribution in [2.45, 2.75) is 96.1 Å². The summed E-state index contributed by atoms with van der Waals surface area (Å²) >= 11 is 2.00. The maximum absolute atomic E-state index is 2.44. The molecule has 0 heterocycles. The number of allylic oxidation sites excluding steroid dienone is 2. The molecule has 0 fully saturated rings. The summed E-state index contributed by atoms with van der Waals surface area (Å²) in [5.74, 6) is 0. The lowest BCUT2D eigenvalue weighted by molar-refractivity contribution is 0.542. The summed E-state index contributed by atoms with van der Waals surface area (Å²) < 4.78 is 0.278. The fourth-order valence-electron chi connectivity index (χ4n) is 2.72. The zero-order valence-electron chi connectivity index (χ0n) is 16.9. The number of hydrogen-bond acceptors (Lipinski definition) is 1. The first kappa shape index (κ1) is 20.4. The Morgan fingerprint density at radius 2 is 1.57 bits per heavy atom. The second-order valence-electron chi connectivity index (χ2n) is 8.77. The van der Waals surface area contributed by atoms with Crippen LogP contribution in [0.15, 0.2) is 34.7 Å². The molecular formula is C22H36S. The minimum atomic E-state index is 0.0598. The highest BCUT2D eigenvalue weighted by Gasteiger charge is 2.30. The van der Waals surface area contributed by atoms with E-state index >= 15 is 0 Å². The van der Waals surface area contributed by atoms with E-state index in [4.69, 9.17) is 0 Å². The fraction of sp³-hybridized carbons (Fsp3) is 0.636. The number of benzene rings is 1. The van der Waals surface area contributed by atoms with Crippen LogP contribution < -0.4 is 0 Å². The van der Waals surface area contributed by atoms with Gasteiger partial charge in [-0.2, -0.15) is 0 Å². The highest BCUT2D eigenvalue weighted by molar-refractivity contribution is 8.00. The van der Waals surface area contributed by atoms with E-state index in [-0.39, 0.29) is 15.6 Å². The number of hydrogen-bond donors (Lipinski definition) is 0. The van der Waals surface area contributed by atoms with Gasteiger partial charge in [-0.25, -0.2) is 0 Å². The van der Waals surface area contributed by atoms with E-state index in [9.17, 15) is 0 Å². The zero-order chi connectivity index (χ0) is 18.1. The van der Waals surface area contributed by atoms with Crippen molar-refractivity contribution in [1.29, 1.82) is 0 Å². The van der Waals surface area contributed by atoms with Gasteiger partial charge in [-0.05, 0) is 48.9 Å². The van der Waals surface area contributed by atoms with Crippen LogP contribution in [0.2, 0.25) is 0 Å². The van der Waals surface area contributed by atoms with Gasteiger partial charge >= 0.3 is 0 Å². The van der Waals surface area contributed by atoms with Gasteiger partial charge in [0.15, 0.2) is 0 Å². The lowest BCUT2D eigenvalue weighted by atomic mass is 9.71. The molecule has 0 N–H and O–H groups in total. The third-order valence-corrected chi connectivity index (χ3v) is 6.47. The van der Waals surface area contributed by atoms with Crippen LogP contribution >= 0.6 is 11.8 Å². The van der Waals surface area contributed by atoms with E-state index in [1.54, 1.807) is 0 Å². The van der Waals surface area contributed by atoms with Crippen LogP contribution in [0.3, 0.4) is 0 Å². The Hall–Kier alpha value is -0.690. The molecule has 0 nitrogen and oxygen atoms in total. The maximum atomic E-state index is 2.44. The quantitative estimate of drug-likeness (QED) is 0.397. The van der Waals surface area contributed by atoms with Gasteiger partial charge in [-0.3, -0.25) is 0 Å². The molecule has 0 saturated carbocycles. The average Bonchev–Trinajstić information content (AvgIpc) is 2.44. The van der Waals surface area contributed by atoms with Crippen molar-refractivity contribution in [1.82, 2.24) is 0 Å². The summed E-state index contributed by atoms with van der Waals surface area (Å²) in [6, 6.07) is 7.11. The predicted octanol–water partition coefficient (Wildman–Crippen LogP) is 7.51. The Morgan fingerprint density at radius 3 is 2.00 bits per heavy atom. The van der Waals surface area contributed by atoms with Crippen LogP contribution in [-0.4, -0.2) is 4.75 Å². The lowest BCUT2D eigenvalue weighted by Crippen LogP contribution is -2.26. The Kier molecular flexibility index (Phi) is 6.24. The van der Waals surface area contributed by atoms with Gasteiger partial charge in [0.2, 0.25) is 0 Å². The molecule has 0 unspecified atom stereocenters. The van der Waals surface area contributed by atoms with E-state index in [0.717, 1.165) is 0 Å². The highest BCUT2D eigenvalue weighted by atomic mass is 32.2. The average molecular weight is 333 g/mol. The summed E-state index contributed by atoms with van der Waals surface area (Å²) in [6.07, 6.45) is 3.42. The molecule has 0 aromatic heterocycles. The van der Waals surface area contributed by atoms with E-state index in [1.807, 2.05) is 11.8 Å². The lowest BCUT2D eigenvalue weighted by Gasteiger charge is -2.34. The molecule has 0 aliphatic heterocycles. The van der Waals surface area contributed by atoms with E-state index < -0.39 is 0 Å². The minimum Gasteiger partial charge on any atom is -0.120 e. The molecule has 0 saturated heterocycles. The monoisotopic (exact) mass is 332 g/mol. The third kappa shape index (κ3) is 4.89. The Balaban J connectivity index is 3.50. The molecule has 23 heavy (non-hydrogen) atoms. The number of rotatable bonds is 5. The molecule has 0 aliphatic carbocycles. The van der Waals surface area contributed by atoms with Crippen LogP contribution in [0.5, 0.6) is 0 Å². The van der Waals surface area contributed by atoms with Crippen LogP contribution in [0.4, 0.5) is 0 Å². The van der Waals surface area contributed by atoms with E-state index in [1.165, 1.54) is 28.0 Å². The first-order valence-corrected chi connectivity index (χ1v) is 9.64. The molecule has 0 radical (unpaired) electrons. The Bertz CT molecular complexity index is 568. The first-order valence-electron chi connectivity index (χ1n) is 8.82. The van der Waals surface area contributed by atoms with Crippen molar-refractivity contribution in [2.24, 2.45) is 0 Å². The fourth-order valence-corrected chi connectivity index (χ4v) is 3.82. The standard InChI is InChI=1S/C22H36S/c1-11-16(3)22(9,10)19-15-17(23-21(7,8)12-2)13-14-18(19)20(4,5)6/h11,13-15H,12H2,1-10H3/b16-11-. The largest absolute Gasteiger partial charge is 0.120 e. The smallest absolute Gasteiger partial charge is 0.0148 e. The molecule has 130 valence electrons. The summed E-state index contributed by atoms with van der Waals surface area (Å²) in [5.41, 5.74) is 4.58. The van der Waals surface area contributed by atoms with Gasteiger partial charge in [0.1, 0.15) is 0 Å². The molecule has 1 aromatic carbocycles. The van der Waals surface area contributed by atoms with Crippen molar-refractivity contribution in [3.63, 3.8) is 0 Å². The number of thioether (sulfide) groups is 1. The predicted molar refractivity (Wildman–Crippen MR) is 108 cm³/mol. The van der Waals surface area contributed by atoms with Crippen molar-refractivity contribution in [3.05, 3.63) is 41.0 Å². The molecule has 0 bridgehead atoms. The molecule has 0 spiro atoms. The first-order chi connectivity index (χ1) is 10.3. The molecule has 0 atom stereocenters. The van der Waals surface area contributed by atoms with Gasteiger partial charge < -0.3 is 0 Å². The molecular weight excluding hydrogens is 296 g/mol. The van der Waals surface area contributed by atoms with E-state index in [0.29, 0.717) is 0 Å². The summed E-state index contributed by atoms with van der Waals surface area (Å²) in [6.45, 7) is 23.0. The van der Waals surface area contributed by atoms with Gasteiger partial charge in [-0.15, -0.1) is 11.8 Å². The van der Waals surface area contributed by atoms with E-state index in [2.05, 4.69) is 93.5 Å². The van der Waals surface area contributed by atoms with Gasteiger partial charge in [0.25, 0.3) is 0 Å². The summed E-state index contributed by atoms with van der Waals surface area (Å²) in [4.78, 5) is 1.39. The summed E-state index contributed by atoms with van der Waals surface area (Å²) in [5, 5.41) is 0. The molecule has 1 rings (SSSR count). The van der Waals surface area contributed by atoms with Gasteiger partial charge in [0, 0.05) is 15.1 Å². The summed E-state index contributed by atoms with van der Waals surface area (Å²) in [7, 11) is 0. The maximum Gasteiger partial charge on any atom is 0.0148 e. The molecule has 1 heteroatoms. The zero-order valence-corrected chi connectivity index (χ0v) is 17.7. The van der Waals surface area contributed by atoms with Gasteiger partial charge in [0.05, 0.1) is 0 Å². The highest BCUT2D eigenvalue weighted by Crippen LogP contribution is 2.42. The van der Waals surface area contributed by atoms with Crippen molar-refractivity contribution in [3.8, 4) is 0 Å².